The molecule has 0 saturated heterocycles. The van der Waals surface area contributed by atoms with Crippen LogP contribution in [0.5, 0.6) is 0 Å². The van der Waals surface area contributed by atoms with Crippen molar-refractivity contribution >= 4 is 22.6 Å². The lowest BCUT2D eigenvalue weighted by Gasteiger charge is -1.96. The van der Waals surface area contributed by atoms with Gasteiger partial charge in [0.15, 0.2) is 0 Å². The first kappa shape index (κ1) is 8.99. The Balaban J connectivity index is 2.62. The summed E-state index contributed by atoms with van der Waals surface area (Å²) in [6.45, 7) is 4.02. The topological polar surface area (TPSA) is 29.9 Å². The van der Waals surface area contributed by atoms with E-state index < -0.39 is 0 Å². The highest BCUT2D eigenvalue weighted by Gasteiger charge is 2.01. The third-order valence-corrected chi connectivity index (χ3v) is 2.33. The number of halogens is 1. The summed E-state index contributed by atoms with van der Waals surface area (Å²) in [4.78, 5) is 0. The number of aromatic nitrogens is 2. The molecule has 3 nitrogen and oxygen atoms in total. The van der Waals surface area contributed by atoms with Gasteiger partial charge in [-0.05, 0) is 29.1 Å². The van der Waals surface area contributed by atoms with Crippen LogP contribution in [-0.2, 0) is 13.6 Å². The fourth-order valence-corrected chi connectivity index (χ4v) is 1.56. The molecular formula is C7H12IN3. The van der Waals surface area contributed by atoms with Gasteiger partial charge >= 0.3 is 0 Å². The smallest absolute Gasteiger partial charge is 0.127 e. The minimum Gasteiger partial charge on any atom is -0.313 e. The van der Waals surface area contributed by atoms with Crippen molar-refractivity contribution in [3.63, 3.8) is 0 Å². The van der Waals surface area contributed by atoms with E-state index in [1.54, 1.807) is 0 Å². The molecule has 1 rings (SSSR count). The Labute approximate surface area is 80.3 Å². The molecule has 0 atom stereocenters. The fraction of sp³-hybridized carbons (Fsp3) is 0.571. The van der Waals surface area contributed by atoms with Gasteiger partial charge in [-0.25, -0.2) is 0 Å². The van der Waals surface area contributed by atoms with Crippen LogP contribution in [0.4, 0.5) is 0 Å². The molecule has 0 bridgehead atoms. The first-order valence-electron chi connectivity index (χ1n) is 3.62. The molecular weight excluding hydrogens is 253 g/mol. The van der Waals surface area contributed by atoms with Crippen LogP contribution in [0, 0.1) is 3.70 Å². The van der Waals surface area contributed by atoms with Crippen LogP contribution in [0.15, 0.2) is 6.20 Å². The van der Waals surface area contributed by atoms with Gasteiger partial charge in [0.25, 0.3) is 0 Å². The highest BCUT2D eigenvalue weighted by Crippen LogP contribution is 2.07. The molecule has 0 aromatic carbocycles. The van der Waals surface area contributed by atoms with E-state index in [1.807, 2.05) is 17.9 Å². The maximum absolute atomic E-state index is 4.23. The summed E-state index contributed by atoms with van der Waals surface area (Å²) in [5.41, 5.74) is 1.27. The van der Waals surface area contributed by atoms with Crippen molar-refractivity contribution in [1.29, 1.82) is 0 Å². The van der Waals surface area contributed by atoms with Gasteiger partial charge in [0.05, 0.1) is 0 Å². The van der Waals surface area contributed by atoms with Crippen LogP contribution in [0.2, 0.25) is 0 Å². The van der Waals surface area contributed by atoms with Crippen molar-refractivity contribution in [1.82, 2.24) is 15.1 Å². The highest BCUT2D eigenvalue weighted by atomic mass is 127. The molecule has 4 heteroatoms. The van der Waals surface area contributed by atoms with E-state index in [1.165, 1.54) is 5.56 Å². The molecule has 0 aliphatic heterocycles. The van der Waals surface area contributed by atoms with E-state index in [2.05, 4.69) is 39.9 Å². The molecule has 0 amide bonds. The third-order valence-electron chi connectivity index (χ3n) is 1.42. The molecule has 0 radical (unpaired) electrons. The summed E-state index contributed by atoms with van der Waals surface area (Å²) in [6.07, 6.45) is 2.05. The van der Waals surface area contributed by atoms with E-state index in [9.17, 15) is 0 Å². The summed E-state index contributed by atoms with van der Waals surface area (Å²) in [5.74, 6) is 0. The monoisotopic (exact) mass is 265 g/mol. The van der Waals surface area contributed by atoms with Crippen LogP contribution in [0.1, 0.15) is 12.5 Å². The summed E-state index contributed by atoms with van der Waals surface area (Å²) in [7, 11) is 1.94. The predicted octanol–water partition coefficient (Wildman–Crippen LogP) is 1.13. The number of hydrogen-bond acceptors (Lipinski definition) is 2. The largest absolute Gasteiger partial charge is 0.313 e. The van der Waals surface area contributed by atoms with E-state index in [4.69, 9.17) is 0 Å². The normalized spacial score (nSPS) is 10.5. The first-order valence-corrected chi connectivity index (χ1v) is 4.70. The second-order valence-corrected chi connectivity index (χ2v) is 3.42. The Hall–Kier alpha value is -0.100. The summed E-state index contributed by atoms with van der Waals surface area (Å²) < 4.78 is 2.93. The molecule has 0 unspecified atom stereocenters. The van der Waals surface area contributed by atoms with Crippen molar-refractivity contribution in [3.05, 3.63) is 15.5 Å². The van der Waals surface area contributed by atoms with Crippen molar-refractivity contribution in [2.24, 2.45) is 7.05 Å². The lowest BCUT2D eigenvalue weighted by molar-refractivity contribution is 0.723. The molecule has 1 aromatic rings. The quantitative estimate of drug-likeness (QED) is 0.830. The zero-order chi connectivity index (χ0) is 8.27. The molecule has 0 fully saturated rings. The average molecular weight is 265 g/mol. The number of rotatable bonds is 3. The Bertz CT molecular complexity index is 232. The average Bonchev–Trinajstić information content (AvgIpc) is 2.26. The van der Waals surface area contributed by atoms with E-state index in [0.29, 0.717) is 0 Å². The zero-order valence-electron chi connectivity index (χ0n) is 6.76. The van der Waals surface area contributed by atoms with Crippen LogP contribution >= 0.6 is 22.6 Å². The second kappa shape index (κ2) is 4.06. The van der Waals surface area contributed by atoms with Crippen LogP contribution in [-0.4, -0.2) is 16.3 Å². The van der Waals surface area contributed by atoms with Crippen molar-refractivity contribution in [3.8, 4) is 0 Å². The molecule has 11 heavy (non-hydrogen) atoms. The summed E-state index contributed by atoms with van der Waals surface area (Å²) in [5, 5.41) is 7.49. The zero-order valence-corrected chi connectivity index (χ0v) is 8.92. The molecule has 0 spiro atoms. The molecule has 1 N–H and O–H groups in total. The minimum absolute atomic E-state index is 0.919. The van der Waals surface area contributed by atoms with Crippen LogP contribution in [0.25, 0.3) is 0 Å². The minimum atomic E-state index is 0.919. The van der Waals surface area contributed by atoms with E-state index >= 15 is 0 Å². The summed E-state index contributed by atoms with van der Waals surface area (Å²) in [6, 6.07) is 0. The van der Waals surface area contributed by atoms with Crippen molar-refractivity contribution in [2.75, 3.05) is 6.54 Å². The highest BCUT2D eigenvalue weighted by molar-refractivity contribution is 14.1. The predicted molar refractivity (Wildman–Crippen MR) is 53.3 cm³/mol. The lowest BCUT2D eigenvalue weighted by Crippen LogP contribution is -2.11. The maximum Gasteiger partial charge on any atom is 0.127 e. The molecule has 0 aliphatic rings. The first-order chi connectivity index (χ1) is 5.24. The summed E-state index contributed by atoms with van der Waals surface area (Å²) >= 11 is 2.25. The van der Waals surface area contributed by atoms with Gasteiger partial charge in [-0.1, -0.05) is 6.92 Å². The van der Waals surface area contributed by atoms with Crippen LogP contribution < -0.4 is 5.32 Å². The molecule has 1 heterocycles. The lowest BCUT2D eigenvalue weighted by atomic mass is 10.3. The third kappa shape index (κ3) is 2.44. The van der Waals surface area contributed by atoms with Gasteiger partial charge in [0.1, 0.15) is 3.70 Å². The van der Waals surface area contributed by atoms with Gasteiger partial charge in [-0.15, -0.1) is 0 Å². The number of nitrogens with zero attached hydrogens (tertiary/aromatic N) is 2. The van der Waals surface area contributed by atoms with Crippen molar-refractivity contribution < 1.29 is 0 Å². The fourth-order valence-electron chi connectivity index (χ4n) is 0.889. The second-order valence-electron chi connectivity index (χ2n) is 2.40. The van der Waals surface area contributed by atoms with E-state index in [0.717, 1.165) is 16.8 Å². The van der Waals surface area contributed by atoms with E-state index in [-0.39, 0.29) is 0 Å². The number of nitrogens with one attached hydrogen (secondary N) is 1. The Morgan fingerprint density at radius 1 is 1.73 bits per heavy atom. The van der Waals surface area contributed by atoms with Crippen LogP contribution in [0.3, 0.4) is 0 Å². The van der Waals surface area contributed by atoms with Crippen molar-refractivity contribution in [2.45, 2.75) is 13.5 Å². The Kier molecular flexibility index (Phi) is 3.32. The number of aryl methyl sites for hydroxylation is 1. The standard InChI is InChI=1S/C7H12IN3/c1-3-9-4-6-5-11(2)10-7(6)8/h5,9H,3-4H2,1-2H3. The Morgan fingerprint density at radius 3 is 2.91 bits per heavy atom. The molecule has 62 valence electrons. The Morgan fingerprint density at radius 2 is 2.45 bits per heavy atom. The van der Waals surface area contributed by atoms with Gasteiger partial charge in [-0.2, -0.15) is 5.10 Å². The van der Waals surface area contributed by atoms with Gasteiger partial charge < -0.3 is 5.32 Å². The molecule has 0 aliphatic carbocycles. The maximum atomic E-state index is 4.23. The van der Waals surface area contributed by atoms with Gasteiger partial charge in [-0.3, -0.25) is 4.68 Å². The SMILES string of the molecule is CCNCc1cn(C)nc1I. The molecule has 0 saturated carbocycles. The van der Waals surface area contributed by atoms with Gasteiger partial charge in [0.2, 0.25) is 0 Å². The number of hydrogen-bond donors (Lipinski definition) is 1. The molecule has 1 aromatic heterocycles. The van der Waals surface area contributed by atoms with Gasteiger partial charge in [0, 0.05) is 25.4 Å².